The van der Waals surface area contributed by atoms with E-state index >= 15 is 0 Å². The van der Waals surface area contributed by atoms with Crippen LogP contribution in [0, 0.1) is 5.92 Å². The Kier molecular flexibility index (Phi) is 4.35. The van der Waals surface area contributed by atoms with Crippen molar-refractivity contribution >= 4 is 5.91 Å². The molecule has 5 nitrogen and oxygen atoms in total. The first-order valence-corrected chi connectivity index (χ1v) is 7.80. The van der Waals surface area contributed by atoms with Crippen LogP contribution in [0.1, 0.15) is 43.7 Å². The lowest BCUT2D eigenvalue weighted by Crippen LogP contribution is -2.38. The van der Waals surface area contributed by atoms with E-state index in [1.54, 1.807) is 0 Å². The summed E-state index contributed by atoms with van der Waals surface area (Å²) in [4.78, 5) is 14.3. The van der Waals surface area contributed by atoms with Crippen molar-refractivity contribution in [1.82, 2.24) is 20.4 Å². The Morgan fingerprint density at radius 3 is 2.85 bits per heavy atom. The summed E-state index contributed by atoms with van der Waals surface area (Å²) in [5.74, 6) is 1.60. The second-order valence-corrected chi connectivity index (χ2v) is 6.06. The van der Waals surface area contributed by atoms with Gasteiger partial charge in [-0.15, -0.1) is 0 Å². The molecular weight excluding hydrogens is 252 g/mol. The Labute approximate surface area is 120 Å². The third-order valence-corrected chi connectivity index (χ3v) is 4.74. The Balaban J connectivity index is 1.42. The zero-order valence-electron chi connectivity index (χ0n) is 12.0. The number of hydrogen-bond donors (Lipinski definition) is 2. The Morgan fingerprint density at radius 2 is 2.20 bits per heavy atom. The largest absolute Gasteiger partial charge is 0.343 e. The van der Waals surface area contributed by atoms with Gasteiger partial charge in [0, 0.05) is 37.3 Å². The molecule has 1 unspecified atom stereocenters. The number of H-pyrrole nitrogens is 1. The van der Waals surface area contributed by atoms with E-state index in [9.17, 15) is 4.79 Å². The monoisotopic (exact) mass is 276 g/mol. The van der Waals surface area contributed by atoms with Crippen molar-refractivity contribution in [3.63, 3.8) is 0 Å². The number of nitrogens with zero attached hydrogens (tertiary/aromatic N) is 2. The van der Waals surface area contributed by atoms with E-state index in [0.717, 1.165) is 51.9 Å². The first-order chi connectivity index (χ1) is 9.83. The number of carbonyl (C=O) groups is 1. The van der Waals surface area contributed by atoms with Gasteiger partial charge in [0.2, 0.25) is 5.91 Å². The van der Waals surface area contributed by atoms with Crippen molar-refractivity contribution in [1.29, 1.82) is 0 Å². The lowest BCUT2D eigenvalue weighted by molar-refractivity contribution is -0.132. The van der Waals surface area contributed by atoms with Crippen molar-refractivity contribution < 1.29 is 4.79 Å². The van der Waals surface area contributed by atoms with Crippen LogP contribution in [0.2, 0.25) is 0 Å². The molecule has 2 aliphatic rings. The summed E-state index contributed by atoms with van der Waals surface area (Å²) in [5.41, 5.74) is 1.22. The Morgan fingerprint density at radius 1 is 1.35 bits per heavy atom. The summed E-state index contributed by atoms with van der Waals surface area (Å²) >= 11 is 0. The molecule has 5 heteroatoms. The molecule has 2 aliphatic heterocycles. The first-order valence-electron chi connectivity index (χ1n) is 7.80. The third kappa shape index (κ3) is 3.20. The van der Waals surface area contributed by atoms with Gasteiger partial charge in [-0.1, -0.05) is 0 Å². The van der Waals surface area contributed by atoms with Gasteiger partial charge in [-0.2, -0.15) is 5.10 Å². The van der Waals surface area contributed by atoms with Crippen LogP contribution >= 0.6 is 0 Å². The van der Waals surface area contributed by atoms with Crippen LogP contribution in [0.4, 0.5) is 0 Å². The molecule has 20 heavy (non-hydrogen) atoms. The van der Waals surface area contributed by atoms with Gasteiger partial charge in [-0.3, -0.25) is 9.89 Å². The van der Waals surface area contributed by atoms with E-state index < -0.39 is 0 Å². The minimum Gasteiger partial charge on any atom is -0.343 e. The van der Waals surface area contributed by atoms with Crippen molar-refractivity contribution in [2.75, 3.05) is 26.2 Å². The predicted molar refractivity (Wildman–Crippen MR) is 77.4 cm³/mol. The molecule has 2 N–H and O–H groups in total. The van der Waals surface area contributed by atoms with Gasteiger partial charge in [-0.05, 0) is 50.8 Å². The summed E-state index contributed by atoms with van der Waals surface area (Å²) in [5, 5.41) is 10.4. The number of hydrogen-bond acceptors (Lipinski definition) is 3. The van der Waals surface area contributed by atoms with Crippen LogP contribution in [-0.2, 0) is 4.79 Å². The number of rotatable bonds is 4. The molecule has 110 valence electrons. The van der Waals surface area contributed by atoms with Crippen LogP contribution in [0.3, 0.4) is 0 Å². The summed E-state index contributed by atoms with van der Waals surface area (Å²) in [6.45, 7) is 4.00. The third-order valence-electron chi connectivity index (χ3n) is 4.74. The normalized spacial score (nSPS) is 24.2. The SMILES string of the molecule is O=C(CCC1CCNC1)N1CCC(c2ccn[nH]2)CC1. The molecule has 0 saturated carbocycles. The molecule has 3 rings (SSSR count). The molecule has 1 aromatic heterocycles. The summed E-state index contributed by atoms with van der Waals surface area (Å²) in [6, 6.07) is 2.05. The number of amides is 1. The maximum atomic E-state index is 12.2. The molecule has 2 saturated heterocycles. The van der Waals surface area contributed by atoms with Gasteiger partial charge in [-0.25, -0.2) is 0 Å². The predicted octanol–water partition coefficient (Wildman–Crippen LogP) is 1.51. The van der Waals surface area contributed by atoms with Crippen LogP contribution in [-0.4, -0.2) is 47.2 Å². The summed E-state index contributed by atoms with van der Waals surface area (Å²) in [7, 11) is 0. The van der Waals surface area contributed by atoms with E-state index in [1.807, 2.05) is 6.20 Å². The molecular formula is C15H24N4O. The Hall–Kier alpha value is -1.36. The van der Waals surface area contributed by atoms with Crippen molar-refractivity contribution in [3.8, 4) is 0 Å². The van der Waals surface area contributed by atoms with Gasteiger partial charge < -0.3 is 10.2 Å². The number of likely N-dealkylation sites (tertiary alicyclic amines) is 1. The average molecular weight is 276 g/mol. The van der Waals surface area contributed by atoms with Crippen LogP contribution in [0.25, 0.3) is 0 Å². The highest BCUT2D eigenvalue weighted by molar-refractivity contribution is 5.76. The fourth-order valence-electron chi connectivity index (χ4n) is 3.38. The summed E-state index contributed by atoms with van der Waals surface area (Å²) < 4.78 is 0. The average Bonchev–Trinajstić information content (AvgIpc) is 3.18. The standard InChI is InChI=1S/C15H24N4O/c20-15(2-1-12-3-7-16-11-12)19-9-5-13(6-10-19)14-4-8-17-18-14/h4,8,12-13,16H,1-3,5-7,9-11H2,(H,17,18). The maximum Gasteiger partial charge on any atom is 0.222 e. The van der Waals surface area contributed by atoms with E-state index in [2.05, 4.69) is 26.5 Å². The number of piperidine rings is 1. The van der Waals surface area contributed by atoms with E-state index in [1.165, 1.54) is 12.1 Å². The van der Waals surface area contributed by atoms with Gasteiger partial charge in [0.15, 0.2) is 0 Å². The smallest absolute Gasteiger partial charge is 0.222 e. The van der Waals surface area contributed by atoms with E-state index in [0.29, 0.717) is 17.7 Å². The van der Waals surface area contributed by atoms with Gasteiger partial charge in [0.1, 0.15) is 0 Å². The van der Waals surface area contributed by atoms with Crippen LogP contribution < -0.4 is 5.32 Å². The highest BCUT2D eigenvalue weighted by Gasteiger charge is 2.25. The molecule has 0 bridgehead atoms. The topological polar surface area (TPSA) is 61.0 Å². The van der Waals surface area contributed by atoms with Crippen molar-refractivity contribution in [2.24, 2.45) is 5.92 Å². The van der Waals surface area contributed by atoms with Gasteiger partial charge in [0.05, 0.1) is 0 Å². The highest BCUT2D eigenvalue weighted by Crippen LogP contribution is 2.27. The lowest BCUT2D eigenvalue weighted by Gasteiger charge is -2.31. The molecule has 0 aliphatic carbocycles. The molecule has 1 atom stereocenters. The van der Waals surface area contributed by atoms with Crippen molar-refractivity contribution in [2.45, 2.75) is 38.0 Å². The number of nitrogens with one attached hydrogen (secondary N) is 2. The van der Waals surface area contributed by atoms with E-state index in [4.69, 9.17) is 0 Å². The lowest BCUT2D eigenvalue weighted by atomic mass is 9.93. The molecule has 0 radical (unpaired) electrons. The number of aromatic nitrogens is 2. The first kappa shape index (κ1) is 13.6. The number of aromatic amines is 1. The van der Waals surface area contributed by atoms with Gasteiger partial charge in [0.25, 0.3) is 0 Å². The molecule has 0 spiro atoms. The molecule has 1 aromatic rings. The minimum absolute atomic E-state index is 0.347. The van der Waals surface area contributed by atoms with Gasteiger partial charge >= 0.3 is 0 Å². The molecule has 1 amide bonds. The Bertz CT molecular complexity index is 417. The minimum atomic E-state index is 0.347. The second kappa shape index (κ2) is 6.39. The van der Waals surface area contributed by atoms with E-state index in [-0.39, 0.29) is 0 Å². The molecule has 0 aromatic carbocycles. The highest BCUT2D eigenvalue weighted by atomic mass is 16.2. The van der Waals surface area contributed by atoms with Crippen molar-refractivity contribution in [3.05, 3.63) is 18.0 Å². The molecule has 2 fully saturated rings. The maximum absolute atomic E-state index is 12.2. The number of carbonyl (C=O) groups excluding carboxylic acids is 1. The van der Waals surface area contributed by atoms with Crippen LogP contribution in [0.5, 0.6) is 0 Å². The zero-order valence-corrected chi connectivity index (χ0v) is 12.0. The van der Waals surface area contributed by atoms with Crippen LogP contribution in [0.15, 0.2) is 12.3 Å². The fraction of sp³-hybridized carbons (Fsp3) is 0.733. The fourth-order valence-corrected chi connectivity index (χ4v) is 3.38. The second-order valence-electron chi connectivity index (χ2n) is 6.06. The zero-order chi connectivity index (χ0) is 13.8. The summed E-state index contributed by atoms with van der Waals surface area (Å²) in [6.07, 6.45) is 6.92. The quantitative estimate of drug-likeness (QED) is 0.876. The molecule has 3 heterocycles.